The van der Waals surface area contributed by atoms with Crippen molar-refractivity contribution in [3.05, 3.63) is 43.0 Å². The van der Waals surface area contributed by atoms with Crippen molar-refractivity contribution in [1.29, 1.82) is 0 Å². The number of carbonyl (C=O) groups is 1. The fraction of sp³-hybridized carbons (Fsp3) is 0. The molecule has 1 radical (unpaired) electrons. The molecule has 0 unspecified atom stereocenters. The lowest BCUT2D eigenvalue weighted by atomic mass is 10.4. The van der Waals surface area contributed by atoms with E-state index in [0.29, 0.717) is 0 Å². The molecule has 1 aromatic carbocycles. The van der Waals surface area contributed by atoms with Crippen LogP contribution in [0.15, 0.2) is 41.8 Å². The number of benzene rings is 1. The summed E-state index contributed by atoms with van der Waals surface area (Å²) >= 11 is 1.17. The van der Waals surface area contributed by atoms with Crippen molar-refractivity contribution in [3.8, 4) is 0 Å². The summed E-state index contributed by atoms with van der Waals surface area (Å²) in [5.41, 5.74) is 0. The summed E-state index contributed by atoms with van der Waals surface area (Å²) in [4.78, 5) is 11.7. The normalized spacial score (nSPS) is 9.09. The molecule has 0 amide bonds. The van der Waals surface area contributed by atoms with E-state index in [0.717, 1.165) is 4.90 Å². The SMILES string of the molecule is C=CC(=O)Sc1cc[c]cc1. The van der Waals surface area contributed by atoms with Crippen molar-refractivity contribution >= 4 is 16.9 Å². The Hall–Kier alpha value is -1.02. The molecule has 0 bridgehead atoms. The van der Waals surface area contributed by atoms with Gasteiger partial charge in [0.15, 0.2) is 0 Å². The molecule has 11 heavy (non-hydrogen) atoms. The molecule has 1 nitrogen and oxygen atoms in total. The van der Waals surface area contributed by atoms with E-state index >= 15 is 0 Å². The maximum Gasteiger partial charge on any atom is 0.216 e. The summed E-state index contributed by atoms with van der Waals surface area (Å²) < 4.78 is 0. The number of thioether (sulfide) groups is 1. The quantitative estimate of drug-likeness (QED) is 0.491. The number of rotatable bonds is 2. The van der Waals surface area contributed by atoms with Crippen LogP contribution < -0.4 is 0 Å². The van der Waals surface area contributed by atoms with E-state index in [4.69, 9.17) is 0 Å². The Bertz CT molecular complexity index is 254. The zero-order valence-electron chi connectivity index (χ0n) is 5.91. The Morgan fingerprint density at radius 2 is 2.18 bits per heavy atom. The Balaban J connectivity index is 2.65. The third kappa shape index (κ3) is 2.60. The molecule has 0 aromatic heterocycles. The minimum absolute atomic E-state index is 0.0313. The molecule has 1 aromatic rings. The maximum atomic E-state index is 10.8. The molecular formula is C9H7OS. The summed E-state index contributed by atoms with van der Waals surface area (Å²) in [5, 5.41) is -0.0313. The molecule has 0 atom stereocenters. The first-order valence-electron chi connectivity index (χ1n) is 3.13. The second-order valence-electron chi connectivity index (χ2n) is 1.86. The van der Waals surface area contributed by atoms with Crippen LogP contribution >= 0.6 is 11.8 Å². The molecule has 0 saturated carbocycles. The monoisotopic (exact) mass is 163 g/mol. The summed E-state index contributed by atoms with van der Waals surface area (Å²) in [6.07, 6.45) is 1.31. The Labute approximate surface area is 70.1 Å². The van der Waals surface area contributed by atoms with Crippen LogP contribution in [0, 0.1) is 6.07 Å². The molecule has 0 aliphatic carbocycles. The first-order valence-corrected chi connectivity index (χ1v) is 3.95. The van der Waals surface area contributed by atoms with Gasteiger partial charge < -0.3 is 0 Å². The summed E-state index contributed by atoms with van der Waals surface area (Å²) in [6, 6.07) is 10.1. The van der Waals surface area contributed by atoms with Crippen LogP contribution in [-0.2, 0) is 4.79 Å². The van der Waals surface area contributed by atoms with Crippen molar-refractivity contribution in [2.75, 3.05) is 0 Å². The van der Waals surface area contributed by atoms with E-state index in [9.17, 15) is 4.79 Å². The second kappa shape index (κ2) is 3.98. The molecule has 0 saturated heterocycles. The van der Waals surface area contributed by atoms with Crippen LogP contribution in [0.2, 0.25) is 0 Å². The molecule has 0 N–H and O–H groups in total. The van der Waals surface area contributed by atoms with Crippen LogP contribution in [0.3, 0.4) is 0 Å². The topological polar surface area (TPSA) is 17.1 Å². The fourth-order valence-electron chi connectivity index (χ4n) is 0.597. The average molecular weight is 163 g/mol. The highest BCUT2D eigenvalue weighted by atomic mass is 32.2. The molecule has 0 heterocycles. The lowest BCUT2D eigenvalue weighted by Crippen LogP contribution is -1.81. The Morgan fingerprint density at radius 3 is 2.73 bits per heavy atom. The zero-order valence-corrected chi connectivity index (χ0v) is 6.73. The first-order chi connectivity index (χ1) is 5.33. The molecule has 55 valence electrons. The standard InChI is InChI=1S/C9H7OS/c1-2-9(10)11-8-6-4-3-5-7-8/h2,4-7H,1H2. The van der Waals surface area contributed by atoms with Gasteiger partial charge in [-0.25, -0.2) is 0 Å². The molecule has 0 aliphatic heterocycles. The lowest BCUT2D eigenvalue weighted by Gasteiger charge is -1.93. The van der Waals surface area contributed by atoms with Gasteiger partial charge in [-0.15, -0.1) is 0 Å². The van der Waals surface area contributed by atoms with Gasteiger partial charge in [0.1, 0.15) is 0 Å². The van der Waals surface area contributed by atoms with Crippen molar-refractivity contribution in [1.82, 2.24) is 0 Å². The smallest absolute Gasteiger partial charge is 0.216 e. The van der Waals surface area contributed by atoms with Gasteiger partial charge in [0.2, 0.25) is 5.12 Å². The highest BCUT2D eigenvalue weighted by Crippen LogP contribution is 2.17. The van der Waals surface area contributed by atoms with Crippen LogP contribution in [-0.4, -0.2) is 5.12 Å². The number of hydrogen-bond acceptors (Lipinski definition) is 2. The van der Waals surface area contributed by atoms with Crippen molar-refractivity contribution in [2.24, 2.45) is 0 Å². The van der Waals surface area contributed by atoms with Gasteiger partial charge in [-0.1, -0.05) is 18.7 Å². The second-order valence-corrected chi connectivity index (χ2v) is 2.94. The van der Waals surface area contributed by atoms with Crippen molar-refractivity contribution < 1.29 is 4.79 Å². The van der Waals surface area contributed by atoms with Gasteiger partial charge in [0.25, 0.3) is 0 Å². The third-order valence-corrected chi connectivity index (χ3v) is 1.95. The van der Waals surface area contributed by atoms with Crippen LogP contribution in [0.1, 0.15) is 0 Å². The predicted molar refractivity (Wildman–Crippen MR) is 46.3 cm³/mol. The predicted octanol–water partition coefficient (Wildman–Crippen LogP) is 2.29. The van der Waals surface area contributed by atoms with E-state index in [1.165, 1.54) is 17.8 Å². The summed E-state index contributed by atoms with van der Waals surface area (Å²) in [7, 11) is 0. The van der Waals surface area contributed by atoms with Gasteiger partial charge in [-0.05, 0) is 36.0 Å². The van der Waals surface area contributed by atoms with Crippen molar-refractivity contribution in [3.63, 3.8) is 0 Å². The van der Waals surface area contributed by atoms with Gasteiger partial charge in [0, 0.05) is 4.90 Å². The number of hydrogen-bond donors (Lipinski definition) is 0. The first kappa shape index (κ1) is 8.08. The molecular weight excluding hydrogens is 156 g/mol. The van der Waals surface area contributed by atoms with E-state index in [1.54, 1.807) is 12.1 Å². The Morgan fingerprint density at radius 1 is 1.55 bits per heavy atom. The van der Waals surface area contributed by atoms with Crippen LogP contribution in [0.25, 0.3) is 0 Å². The largest absolute Gasteiger partial charge is 0.282 e. The molecule has 0 fully saturated rings. The molecule has 0 aliphatic rings. The van der Waals surface area contributed by atoms with Gasteiger partial charge in [0.05, 0.1) is 0 Å². The highest BCUT2D eigenvalue weighted by Gasteiger charge is 1.96. The number of carbonyl (C=O) groups excluding carboxylic acids is 1. The lowest BCUT2D eigenvalue weighted by molar-refractivity contribution is -0.107. The Kier molecular flexibility index (Phi) is 2.93. The van der Waals surface area contributed by atoms with Gasteiger partial charge >= 0.3 is 0 Å². The van der Waals surface area contributed by atoms with E-state index in [2.05, 4.69) is 12.6 Å². The molecule has 2 heteroatoms. The zero-order chi connectivity index (χ0) is 8.10. The fourth-order valence-corrected chi connectivity index (χ4v) is 1.19. The van der Waals surface area contributed by atoms with Crippen molar-refractivity contribution in [2.45, 2.75) is 4.90 Å². The average Bonchev–Trinajstić information content (AvgIpc) is 2.06. The minimum atomic E-state index is -0.0313. The van der Waals surface area contributed by atoms with E-state index < -0.39 is 0 Å². The minimum Gasteiger partial charge on any atom is -0.282 e. The molecule has 0 spiro atoms. The summed E-state index contributed by atoms with van der Waals surface area (Å²) in [5.74, 6) is 0. The van der Waals surface area contributed by atoms with Crippen LogP contribution in [0.5, 0.6) is 0 Å². The van der Waals surface area contributed by atoms with Crippen LogP contribution in [0.4, 0.5) is 0 Å². The third-order valence-electron chi connectivity index (χ3n) is 1.07. The van der Waals surface area contributed by atoms with E-state index in [-0.39, 0.29) is 5.12 Å². The maximum absolute atomic E-state index is 10.8. The molecule has 1 rings (SSSR count). The highest BCUT2D eigenvalue weighted by molar-refractivity contribution is 8.14. The van der Waals surface area contributed by atoms with Gasteiger partial charge in [-0.3, -0.25) is 4.79 Å². The van der Waals surface area contributed by atoms with Gasteiger partial charge in [-0.2, -0.15) is 0 Å². The summed E-state index contributed by atoms with van der Waals surface area (Å²) in [6.45, 7) is 3.38. The van der Waals surface area contributed by atoms with E-state index in [1.807, 2.05) is 12.1 Å².